The van der Waals surface area contributed by atoms with Gasteiger partial charge in [-0.15, -0.1) is 0 Å². The van der Waals surface area contributed by atoms with Crippen LogP contribution in [0, 0.1) is 0 Å². The Morgan fingerprint density at radius 3 is 2.94 bits per heavy atom. The van der Waals surface area contributed by atoms with E-state index in [2.05, 4.69) is 15.5 Å². The molecular weight excluding hydrogens is 208 g/mol. The third-order valence-corrected chi connectivity index (χ3v) is 2.12. The lowest BCUT2D eigenvalue weighted by Gasteiger charge is -2.02. The quantitative estimate of drug-likeness (QED) is 0.763. The highest BCUT2D eigenvalue weighted by Crippen LogP contribution is 2.02. The van der Waals surface area contributed by atoms with Crippen LogP contribution in [0.5, 0.6) is 0 Å². The summed E-state index contributed by atoms with van der Waals surface area (Å²) in [5.74, 6) is 0.146. The van der Waals surface area contributed by atoms with Crippen LogP contribution in [0.15, 0.2) is 35.4 Å². The number of H-pyrrole nitrogens is 1. The molecule has 0 saturated heterocycles. The fourth-order valence-corrected chi connectivity index (χ4v) is 1.21. The third kappa shape index (κ3) is 2.00. The van der Waals surface area contributed by atoms with Crippen LogP contribution in [0.4, 0.5) is 5.82 Å². The van der Waals surface area contributed by atoms with Gasteiger partial charge in [-0.05, 0) is 6.07 Å². The number of pyridine rings is 1. The maximum Gasteiger partial charge on any atom is 0.257 e. The number of nitrogens with one attached hydrogen (secondary N) is 2. The van der Waals surface area contributed by atoms with Gasteiger partial charge in [0.05, 0.1) is 6.20 Å². The molecule has 0 spiro atoms. The van der Waals surface area contributed by atoms with Crippen LogP contribution in [0.1, 0.15) is 10.4 Å². The van der Waals surface area contributed by atoms with Gasteiger partial charge in [-0.25, -0.2) is 0 Å². The summed E-state index contributed by atoms with van der Waals surface area (Å²) in [6, 6.07) is 4.48. The lowest BCUT2D eigenvalue weighted by atomic mass is 10.2. The summed E-state index contributed by atoms with van der Waals surface area (Å²) < 4.78 is 1.40. The second-order valence-corrected chi connectivity index (χ2v) is 3.29. The molecule has 0 aliphatic carbocycles. The summed E-state index contributed by atoms with van der Waals surface area (Å²) >= 11 is 0. The van der Waals surface area contributed by atoms with E-state index in [1.807, 2.05) is 0 Å². The van der Waals surface area contributed by atoms with Crippen LogP contribution in [0.25, 0.3) is 0 Å². The van der Waals surface area contributed by atoms with Crippen LogP contribution in [0.3, 0.4) is 0 Å². The molecule has 2 aromatic rings. The lowest BCUT2D eigenvalue weighted by molar-refractivity contribution is 0.102. The van der Waals surface area contributed by atoms with E-state index < -0.39 is 0 Å². The fraction of sp³-hybridized carbons (Fsp3) is 0.100. The van der Waals surface area contributed by atoms with Gasteiger partial charge in [0.15, 0.2) is 0 Å². The maximum absolute atomic E-state index is 11.7. The number of aromatic amines is 1. The van der Waals surface area contributed by atoms with E-state index in [9.17, 15) is 9.59 Å². The number of hydrogen-bond acceptors (Lipinski definition) is 3. The summed E-state index contributed by atoms with van der Waals surface area (Å²) in [6.07, 6.45) is 3.07. The molecule has 16 heavy (non-hydrogen) atoms. The van der Waals surface area contributed by atoms with Gasteiger partial charge in [0.25, 0.3) is 11.5 Å². The summed E-state index contributed by atoms with van der Waals surface area (Å²) in [5.41, 5.74) is 0.0926. The molecule has 6 heteroatoms. The predicted octanol–water partition coefficient (Wildman–Crippen LogP) is 0.361. The summed E-state index contributed by atoms with van der Waals surface area (Å²) in [7, 11) is 1.62. The van der Waals surface area contributed by atoms with Crippen LogP contribution < -0.4 is 10.9 Å². The Labute approximate surface area is 90.9 Å². The molecule has 82 valence electrons. The smallest absolute Gasteiger partial charge is 0.257 e. The summed E-state index contributed by atoms with van der Waals surface area (Å²) in [5, 5.41) is 8.87. The van der Waals surface area contributed by atoms with Crippen molar-refractivity contribution in [1.82, 2.24) is 14.8 Å². The van der Waals surface area contributed by atoms with Crippen molar-refractivity contribution in [2.24, 2.45) is 7.05 Å². The molecule has 0 aliphatic heterocycles. The van der Waals surface area contributed by atoms with Crippen molar-refractivity contribution >= 4 is 11.7 Å². The number of aromatic nitrogens is 3. The molecule has 0 saturated carbocycles. The molecule has 0 radical (unpaired) electrons. The number of aryl methyl sites for hydroxylation is 1. The first-order valence-corrected chi connectivity index (χ1v) is 4.64. The van der Waals surface area contributed by atoms with Crippen molar-refractivity contribution in [2.75, 3.05) is 5.32 Å². The van der Waals surface area contributed by atoms with E-state index >= 15 is 0 Å². The first-order chi connectivity index (χ1) is 7.66. The SMILES string of the molecule is Cn1ccc(C(=O)Nc2ccn[nH]2)cc1=O. The highest BCUT2D eigenvalue weighted by Gasteiger charge is 2.07. The molecule has 6 nitrogen and oxygen atoms in total. The zero-order valence-electron chi connectivity index (χ0n) is 8.60. The van der Waals surface area contributed by atoms with E-state index in [-0.39, 0.29) is 11.5 Å². The zero-order chi connectivity index (χ0) is 11.5. The predicted molar refractivity (Wildman–Crippen MR) is 58.2 cm³/mol. The van der Waals surface area contributed by atoms with E-state index in [0.29, 0.717) is 11.4 Å². The number of carbonyl (C=O) groups excluding carboxylic acids is 1. The van der Waals surface area contributed by atoms with E-state index in [1.165, 1.54) is 16.8 Å². The van der Waals surface area contributed by atoms with Crippen molar-refractivity contribution in [3.05, 3.63) is 46.5 Å². The Kier molecular flexibility index (Phi) is 2.55. The molecule has 0 unspecified atom stereocenters. The average molecular weight is 218 g/mol. The number of rotatable bonds is 2. The topological polar surface area (TPSA) is 79.8 Å². The number of hydrogen-bond donors (Lipinski definition) is 2. The Morgan fingerprint density at radius 2 is 2.31 bits per heavy atom. The first-order valence-electron chi connectivity index (χ1n) is 4.64. The molecule has 0 aliphatic rings. The van der Waals surface area contributed by atoms with Crippen molar-refractivity contribution < 1.29 is 4.79 Å². The maximum atomic E-state index is 11.7. The minimum Gasteiger partial charge on any atom is -0.319 e. The molecule has 2 N–H and O–H groups in total. The average Bonchev–Trinajstić information content (AvgIpc) is 2.74. The van der Waals surface area contributed by atoms with Crippen molar-refractivity contribution in [1.29, 1.82) is 0 Å². The Balaban J connectivity index is 2.21. The number of nitrogens with zero attached hydrogens (tertiary/aromatic N) is 2. The van der Waals surface area contributed by atoms with Crippen LogP contribution in [-0.4, -0.2) is 20.7 Å². The van der Waals surface area contributed by atoms with Crippen molar-refractivity contribution in [3.8, 4) is 0 Å². The van der Waals surface area contributed by atoms with Gasteiger partial charge in [-0.1, -0.05) is 0 Å². The number of carbonyl (C=O) groups is 1. The van der Waals surface area contributed by atoms with E-state index in [4.69, 9.17) is 0 Å². The van der Waals surface area contributed by atoms with Gasteiger partial charge in [-0.2, -0.15) is 5.10 Å². The van der Waals surface area contributed by atoms with Crippen molar-refractivity contribution in [2.45, 2.75) is 0 Å². The molecule has 0 fully saturated rings. The molecule has 0 aromatic carbocycles. The fourth-order valence-electron chi connectivity index (χ4n) is 1.21. The number of amides is 1. The van der Waals surface area contributed by atoms with Crippen LogP contribution in [0.2, 0.25) is 0 Å². The molecule has 0 atom stereocenters. The Morgan fingerprint density at radius 1 is 1.50 bits per heavy atom. The van der Waals surface area contributed by atoms with E-state index in [1.54, 1.807) is 25.4 Å². The Hall–Kier alpha value is -2.37. The molecule has 1 amide bonds. The first kappa shape index (κ1) is 10.2. The van der Waals surface area contributed by atoms with Crippen molar-refractivity contribution in [3.63, 3.8) is 0 Å². The molecular formula is C10H10N4O2. The normalized spacial score (nSPS) is 10.1. The highest BCUT2D eigenvalue weighted by atomic mass is 16.2. The highest BCUT2D eigenvalue weighted by molar-refractivity contribution is 6.03. The Bertz CT molecular complexity index is 556. The standard InChI is InChI=1S/C10H10N4O2/c1-14-5-3-7(6-9(14)15)10(16)12-8-2-4-11-13-8/h2-6H,1H3,(H2,11,12,13,16). The van der Waals surface area contributed by atoms with Gasteiger partial charge < -0.3 is 9.88 Å². The minimum atomic E-state index is -0.345. The summed E-state index contributed by atoms with van der Waals surface area (Å²) in [6.45, 7) is 0. The molecule has 2 rings (SSSR count). The second-order valence-electron chi connectivity index (χ2n) is 3.29. The second kappa shape index (κ2) is 4.01. The van der Waals surface area contributed by atoms with Gasteiger partial charge >= 0.3 is 0 Å². The lowest BCUT2D eigenvalue weighted by Crippen LogP contribution is -2.20. The monoisotopic (exact) mass is 218 g/mol. The molecule has 0 bridgehead atoms. The van der Waals surface area contributed by atoms with Gasteiger partial charge in [0, 0.05) is 30.9 Å². The summed E-state index contributed by atoms with van der Waals surface area (Å²) in [4.78, 5) is 23.0. The van der Waals surface area contributed by atoms with E-state index in [0.717, 1.165) is 0 Å². The third-order valence-electron chi connectivity index (χ3n) is 2.12. The van der Waals surface area contributed by atoms with Crippen LogP contribution >= 0.6 is 0 Å². The minimum absolute atomic E-state index is 0.225. The zero-order valence-corrected chi connectivity index (χ0v) is 8.60. The van der Waals surface area contributed by atoms with Gasteiger partial charge in [-0.3, -0.25) is 14.7 Å². The largest absolute Gasteiger partial charge is 0.319 e. The van der Waals surface area contributed by atoms with Gasteiger partial charge in [0.1, 0.15) is 5.82 Å². The molecule has 2 heterocycles. The van der Waals surface area contributed by atoms with Gasteiger partial charge in [0.2, 0.25) is 0 Å². The number of anilines is 1. The molecule has 2 aromatic heterocycles. The van der Waals surface area contributed by atoms with Crippen LogP contribution in [-0.2, 0) is 7.05 Å².